The average molecular weight is 749 g/mol. The fourth-order valence-corrected chi connectivity index (χ4v) is 6.26. The Morgan fingerprint density at radius 3 is 2.20 bits per heavy atom. The maximum absolute atomic E-state index is 14.5. The fourth-order valence-electron chi connectivity index (χ4n) is 6.26. The predicted molar refractivity (Wildman–Crippen MR) is 196 cm³/mol. The maximum atomic E-state index is 14.5. The Kier molecular flexibility index (Phi) is 12.5. The number of hydrogen-bond acceptors (Lipinski definition) is 5. The maximum Gasteiger partial charge on any atom is 0.416 e. The number of hydrogen-bond donors (Lipinski definition) is 1. The molecule has 54 heavy (non-hydrogen) atoms. The van der Waals surface area contributed by atoms with E-state index >= 15 is 0 Å². The van der Waals surface area contributed by atoms with E-state index in [0.717, 1.165) is 24.6 Å². The first kappa shape index (κ1) is 39.6. The Hall–Kier alpha value is -5.59. The molecule has 0 aliphatic heterocycles. The van der Waals surface area contributed by atoms with Gasteiger partial charge in [0.1, 0.15) is 18.0 Å². The van der Waals surface area contributed by atoms with Crippen LogP contribution < -0.4 is 10.9 Å². The van der Waals surface area contributed by atoms with Crippen molar-refractivity contribution in [2.24, 2.45) is 0 Å². The minimum absolute atomic E-state index is 0.0119. The van der Waals surface area contributed by atoms with Gasteiger partial charge in [-0.05, 0) is 79.3 Å². The highest BCUT2D eigenvalue weighted by Gasteiger charge is 2.30. The third kappa shape index (κ3) is 10.1. The Morgan fingerprint density at radius 1 is 0.870 bits per heavy atom. The van der Waals surface area contributed by atoms with Crippen molar-refractivity contribution in [3.8, 4) is 11.1 Å². The number of aryl methyl sites for hydroxylation is 2. The summed E-state index contributed by atoms with van der Waals surface area (Å²) in [5.41, 5.74) is 0.524. The van der Waals surface area contributed by atoms with Gasteiger partial charge in [0.15, 0.2) is 11.6 Å². The van der Waals surface area contributed by atoms with Crippen LogP contribution in [0.3, 0.4) is 0 Å². The van der Waals surface area contributed by atoms with Crippen molar-refractivity contribution in [2.45, 2.75) is 71.3 Å². The van der Waals surface area contributed by atoms with Gasteiger partial charge in [-0.3, -0.25) is 9.59 Å². The van der Waals surface area contributed by atoms with Gasteiger partial charge in [0.25, 0.3) is 5.56 Å². The van der Waals surface area contributed by atoms with Gasteiger partial charge in [0.05, 0.1) is 16.5 Å². The second-order valence-corrected chi connectivity index (χ2v) is 13.6. The third-order valence-corrected chi connectivity index (χ3v) is 9.01. The lowest BCUT2D eigenvalue weighted by Gasteiger charge is -2.27. The first-order chi connectivity index (χ1) is 25.6. The van der Waals surface area contributed by atoms with Crippen molar-refractivity contribution in [2.75, 3.05) is 13.1 Å². The summed E-state index contributed by atoms with van der Waals surface area (Å²) in [4.78, 5) is 45.7. The van der Waals surface area contributed by atoms with Gasteiger partial charge in [-0.1, -0.05) is 74.0 Å². The highest BCUT2D eigenvalue weighted by molar-refractivity contribution is 5.82. The molecule has 13 heteroatoms. The first-order valence-electron chi connectivity index (χ1n) is 17.6. The number of nitrogens with zero attached hydrogens (tertiary/aromatic N) is 3. The van der Waals surface area contributed by atoms with Crippen LogP contribution in [0.5, 0.6) is 0 Å². The molecule has 5 aromatic rings. The molecular formula is C41H41F5N4O4. The number of alkyl halides is 3. The summed E-state index contributed by atoms with van der Waals surface area (Å²) in [7, 11) is 0. The van der Waals surface area contributed by atoms with Crippen molar-refractivity contribution in [1.29, 1.82) is 0 Å². The molecule has 1 heterocycles. The van der Waals surface area contributed by atoms with Crippen LogP contribution in [0.25, 0.3) is 22.0 Å². The molecule has 0 atom stereocenters. The monoisotopic (exact) mass is 748 g/mol. The van der Waals surface area contributed by atoms with E-state index in [1.165, 1.54) is 29.2 Å². The number of carbonyl (C=O) groups is 2. The molecule has 4 aromatic carbocycles. The van der Waals surface area contributed by atoms with Crippen LogP contribution in [0.15, 0.2) is 95.8 Å². The molecule has 0 fully saturated rings. The Labute approximate surface area is 309 Å². The van der Waals surface area contributed by atoms with Gasteiger partial charge in [-0.15, -0.1) is 0 Å². The lowest BCUT2D eigenvalue weighted by atomic mass is 10.0. The summed E-state index contributed by atoms with van der Waals surface area (Å²) < 4.78 is 74.9. The Balaban J connectivity index is 1.41. The molecule has 0 aliphatic carbocycles. The minimum Gasteiger partial charge on any atom is -0.444 e. The van der Waals surface area contributed by atoms with E-state index in [1.807, 2.05) is 20.8 Å². The van der Waals surface area contributed by atoms with Crippen molar-refractivity contribution in [3.05, 3.63) is 135 Å². The van der Waals surface area contributed by atoms with E-state index in [1.54, 1.807) is 53.1 Å². The highest BCUT2D eigenvalue weighted by atomic mass is 19.4. The second-order valence-electron chi connectivity index (χ2n) is 13.6. The highest BCUT2D eigenvalue weighted by Crippen LogP contribution is 2.31. The third-order valence-electron chi connectivity index (χ3n) is 9.01. The predicted octanol–water partition coefficient (Wildman–Crippen LogP) is 8.48. The normalized spacial score (nSPS) is 11.8. The van der Waals surface area contributed by atoms with E-state index in [4.69, 9.17) is 4.74 Å². The molecule has 0 spiro atoms. The summed E-state index contributed by atoms with van der Waals surface area (Å²) in [5, 5.41) is 2.99. The molecule has 1 aromatic heterocycles. The summed E-state index contributed by atoms with van der Waals surface area (Å²) in [5.74, 6) is -2.18. The van der Waals surface area contributed by atoms with Gasteiger partial charge in [0, 0.05) is 26.1 Å². The van der Waals surface area contributed by atoms with Gasteiger partial charge >= 0.3 is 12.3 Å². The van der Waals surface area contributed by atoms with Crippen molar-refractivity contribution in [1.82, 2.24) is 19.8 Å². The molecule has 1 N–H and O–H groups in total. The summed E-state index contributed by atoms with van der Waals surface area (Å²) in [6.45, 7) is 5.54. The van der Waals surface area contributed by atoms with Crippen LogP contribution in [0.4, 0.5) is 26.7 Å². The summed E-state index contributed by atoms with van der Waals surface area (Å²) in [6, 6.07) is 22.3. The van der Waals surface area contributed by atoms with E-state index in [0.29, 0.717) is 28.6 Å². The molecule has 0 unspecified atom stereocenters. The number of carbonyl (C=O) groups excluding carboxylic acids is 2. The molecule has 5 rings (SSSR count). The number of para-hydroxylation sites is 1. The standard InChI is InChI=1S/C41H41F5N4O4/c1-4-22-40(2,3)54-39(53)47-23-24-49(25-27-12-14-28(15-13-27)29-16-19-31(20-17-29)41(44,45)46)36(51)26-50-34-11-6-5-9-32(34)38(52)48-35(50)21-18-30-8-7-10-33(42)37(30)43/h5-17,19-20H,4,18,21-26H2,1-3H3,(H,47,53). The molecule has 284 valence electrons. The van der Waals surface area contributed by atoms with Crippen molar-refractivity contribution < 1.29 is 36.3 Å². The molecule has 0 radical (unpaired) electrons. The number of rotatable bonds is 14. The fraction of sp³-hybridized carbons (Fsp3) is 0.317. The number of alkyl carbamates (subject to hydrolysis) is 1. The van der Waals surface area contributed by atoms with Gasteiger partial charge < -0.3 is 19.5 Å². The Morgan fingerprint density at radius 2 is 1.54 bits per heavy atom. The molecule has 0 saturated heterocycles. The summed E-state index contributed by atoms with van der Waals surface area (Å²) in [6.07, 6.45) is -3.58. The number of fused-ring (bicyclic) bond motifs is 1. The molecular weight excluding hydrogens is 707 g/mol. The van der Waals surface area contributed by atoms with Crippen LogP contribution >= 0.6 is 0 Å². The second kappa shape index (κ2) is 17.0. The number of benzene rings is 4. The zero-order chi connectivity index (χ0) is 39.0. The van der Waals surface area contributed by atoms with E-state index in [-0.39, 0.29) is 55.8 Å². The lowest BCUT2D eigenvalue weighted by Crippen LogP contribution is -2.42. The smallest absolute Gasteiger partial charge is 0.416 e. The quantitative estimate of drug-likeness (QED) is 0.115. The lowest BCUT2D eigenvalue weighted by molar-refractivity contribution is -0.137. The molecule has 0 aliphatic rings. The minimum atomic E-state index is -4.45. The van der Waals surface area contributed by atoms with Gasteiger partial charge in [-0.25, -0.2) is 13.6 Å². The number of halogens is 5. The topological polar surface area (TPSA) is 93.5 Å². The SMILES string of the molecule is CCCC(C)(C)OC(=O)NCCN(Cc1ccc(-c2ccc(C(F)(F)F)cc2)cc1)C(=O)Cn1c(CCc2cccc(F)c2F)nc(=O)c2ccccc21. The average Bonchev–Trinajstić information content (AvgIpc) is 3.13. The zero-order valence-corrected chi connectivity index (χ0v) is 30.2. The summed E-state index contributed by atoms with van der Waals surface area (Å²) >= 11 is 0. The number of amides is 2. The zero-order valence-electron chi connectivity index (χ0n) is 30.2. The van der Waals surface area contributed by atoms with Crippen LogP contribution in [-0.2, 0) is 41.6 Å². The molecule has 8 nitrogen and oxygen atoms in total. The number of aromatic nitrogens is 2. The van der Waals surface area contributed by atoms with Crippen molar-refractivity contribution >= 4 is 22.9 Å². The van der Waals surface area contributed by atoms with E-state index < -0.39 is 46.5 Å². The van der Waals surface area contributed by atoms with Crippen LogP contribution in [0, 0.1) is 11.6 Å². The van der Waals surface area contributed by atoms with E-state index in [2.05, 4.69) is 10.3 Å². The molecule has 0 saturated carbocycles. The largest absolute Gasteiger partial charge is 0.444 e. The first-order valence-corrected chi connectivity index (χ1v) is 17.6. The number of ether oxygens (including phenoxy) is 1. The van der Waals surface area contributed by atoms with Crippen LogP contribution in [-0.4, -0.2) is 45.1 Å². The van der Waals surface area contributed by atoms with Gasteiger partial charge in [0.2, 0.25) is 5.91 Å². The Bertz CT molecular complexity index is 2150. The molecule has 2 amide bonds. The van der Waals surface area contributed by atoms with Crippen molar-refractivity contribution in [3.63, 3.8) is 0 Å². The molecule has 0 bridgehead atoms. The van der Waals surface area contributed by atoms with Crippen LogP contribution in [0.2, 0.25) is 0 Å². The van der Waals surface area contributed by atoms with Crippen LogP contribution in [0.1, 0.15) is 56.1 Å². The van der Waals surface area contributed by atoms with E-state index in [9.17, 15) is 36.3 Å². The number of nitrogens with one attached hydrogen (secondary N) is 1. The van der Waals surface area contributed by atoms with Gasteiger partial charge in [-0.2, -0.15) is 18.2 Å².